The molecule has 0 radical (unpaired) electrons. The fraction of sp³-hybridized carbons (Fsp3) is 0.571. The van der Waals surface area contributed by atoms with Crippen LogP contribution in [0.3, 0.4) is 0 Å². The number of ether oxygens (including phenoxy) is 1. The molecule has 0 aliphatic carbocycles. The summed E-state index contributed by atoms with van der Waals surface area (Å²) in [6.45, 7) is 8.63. The van der Waals surface area contributed by atoms with Crippen LogP contribution in [0.25, 0.3) is 0 Å². The second-order valence-corrected chi connectivity index (χ2v) is 5.52. The van der Waals surface area contributed by atoms with Crippen molar-refractivity contribution >= 4 is 17.8 Å². The fourth-order valence-corrected chi connectivity index (χ4v) is 1.47. The number of aromatic nitrogens is 2. The second-order valence-electron chi connectivity index (χ2n) is 5.52. The van der Waals surface area contributed by atoms with Crippen molar-refractivity contribution in [3.8, 4) is 0 Å². The number of carbonyl (C=O) groups excluding carboxylic acids is 2. The molecule has 1 heterocycles. The maximum absolute atomic E-state index is 11.5. The number of nitrogens with zero attached hydrogens (tertiary/aromatic N) is 2. The van der Waals surface area contributed by atoms with E-state index in [-0.39, 0.29) is 11.6 Å². The molecule has 22 heavy (non-hydrogen) atoms. The number of amides is 2. The average Bonchev–Trinajstić information content (AvgIpc) is 2.42. The highest BCUT2D eigenvalue weighted by atomic mass is 16.6. The third-order valence-electron chi connectivity index (χ3n) is 2.33. The van der Waals surface area contributed by atoms with Crippen molar-refractivity contribution in [2.45, 2.75) is 33.3 Å². The Hall–Kier alpha value is -2.38. The molecule has 0 aliphatic rings. The van der Waals surface area contributed by atoms with Gasteiger partial charge in [0, 0.05) is 19.6 Å². The van der Waals surface area contributed by atoms with Crippen LogP contribution in [0.5, 0.6) is 0 Å². The van der Waals surface area contributed by atoms with Crippen LogP contribution in [0.4, 0.5) is 10.6 Å². The maximum Gasteiger partial charge on any atom is 0.407 e. The number of nitrogens with one attached hydrogen (secondary N) is 3. The van der Waals surface area contributed by atoms with Crippen molar-refractivity contribution in [3.05, 3.63) is 17.8 Å². The Labute approximate surface area is 130 Å². The summed E-state index contributed by atoms with van der Waals surface area (Å²) in [4.78, 5) is 22.9. The number of hydrogen-bond acceptors (Lipinski definition) is 6. The topological polar surface area (TPSA) is 105 Å². The van der Waals surface area contributed by atoms with E-state index in [1.165, 1.54) is 0 Å². The molecule has 0 fully saturated rings. The Morgan fingerprint density at radius 3 is 2.41 bits per heavy atom. The molecule has 0 atom stereocenters. The van der Waals surface area contributed by atoms with Crippen LogP contribution in [0.1, 0.15) is 38.2 Å². The van der Waals surface area contributed by atoms with Gasteiger partial charge in [-0.3, -0.25) is 4.79 Å². The lowest BCUT2D eigenvalue weighted by atomic mass is 10.2. The number of hydrogen-bond donors (Lipinski definition) is 3. The van der Waals surface area contributed by atoms with Crippen LogP contribution in [-0.4, -0.2) is 47.4 Å². The van der Waals surface area contributed by atoms with Gasteiger partial charge in [-0.05, 0) is 39.8 Å². The van der Waals surface area contributed by atoms with E-state index in [1.54, 1.807) is 32.9 Å². The van der Waals surface area contributed by atoms with Gasteiger partial charge in [-0.25, -0.2) is 4.79 Å². The Morgan fingerprint density at radius 2 is 1.86 bits per heavy atom. The van der Waals surface area contributed by atoms with E-state index < -0.39 is 11.7 Å². The Balaban J connectivity index is 2.31. The molecule has 0 unspecified atom stereocenters. The molecule has 8 heteroatoms. The van der Waals surface area contributed by atoms with E-state index >= 15 is 0 Å². The lowest BCUT2D eigenvalue weighted by Gasteiger charge is -2.19. The quantitative estimate of drug-likeness (QED) is 0.681. The van der Waals surface area contributed by atoms with Crippen LogP contribution in [0.2, 0.25) is 0 Å². The highest BCUT2D eigenvalue weighted by Gasteiger charge is 2.15. The van der Waals surface area contributed by atoms with Gasteiger partial charge in [-0.1, -0.05) is 0 Å². The van der Waals surface area contributed by atoms with Crippen LogP contribution in [0.15, 0.2) is 12.1 Å². The summed E-state index contributed by atoms with van der Waals surface area (Å²) in [5, 5.41) is 16.0. The molecule has 0 aromatic carbocycles. The largest absolute Gasteiger partial charge is 0.444 e. The zero-order chi connectivity index (χ0) is 16.6. The van der Waals surface area contributed by atoms with Crippen molar-refractivity contribution in [1.82, 2.24) is 20.8 Å². The summed E-state index contributed by atoms with van der Waals surface area (Å²) < 4.78 is 5.10. The van der Waals surface area contributed by atoms with Gasteiger partial charge in [0.2, 0.25) is 0 Å². The highest BCUT2D eigenvalue weighted by molar-refractivity contribution is 5.92. The van der Waals surface area contributed by atoms with Crippen LogP contribution < -0.4 is 16.0 Å². The standard InChI is InChI=1S/C14H23N5O3/c1-5-15-12(20)10-6-7-11(19-18-10)16-8-9-17-13(21)22-14(2,3)4/h6-7H,5,8-9H2,1-4H3,(H,15,20)(H,16,19)(H,17,21). The SMILES string of the molecule is CCNC(=O)c1ccc(NCCNC(=O)OC(C)(C)C)nn1. The normalized spacial score (nSPS) is 10.7. The zero-order valence-corrected chi connectivity index (χ0v) is 13.4. The predicted molar refractivity (Wildman–Crippen MR) is 82.8 cm³/mol. The van der Waals surface area contributed by atoms with Gasteiger partial charge in [0.15, 0.2) is 5.69 Å². The van der Waals surface area contributed by atoms with Crippen molar-refractivity contribution < 1.29 is 14.3 Å². The molecule has 3 N–H and O–H groups in total. The summed E-state index contributed by atoms with van der Waals surface area (Å²) in [6, 6.07) is 3.24. The van der Waals surface area contributed by atoms with Gasteiger partial charge in [0.1, 0.15) is 11.4 Å². The first-order chi connectivity index (χ1) is 10.3. The average molecular weight is 309 g/mol. The minimum atomic E-state index is -0.516. The third-order valence-corrected chi connectivity index (χ3v) is 2.33. The third kappa shape index (κ3) is 6.87. The van der Waals surface area contributed by atoms with E-state index in [2.05, 4.69) is 26.1 Å². The van der Waals surface area contributed by atoms with Crippen LogP contribution >= 0.6 is 0 Å². The van der Waals surface area contributed by atoms with Gasteiger partial charge >= 0.3 is 6.09 Å². The molecule has 8 nitrogen and oxygen atoms in total. The van der Waals surface area contributed by atoms with Crippen molar-refractivity contribution in [3.63, 3.8) is 0 Å². The molecule has 0 aliphatic heterocycles. The van der Waals surface area contributed by atoms with E-state index in [9.17, 15) is 9.59 Å². The number of rotatable bonds is 6. The molecule has 1 aromatic heterocycles. The molecule has 2 amide bonds. The number of carbonyl (C=O) groups is 2. The van der Waals surface area contributed by atoms with E-state index in [1.807, 2.05) is 6.92 Å². The van der Waals surface area contributed by atoms with Crippen LogP contribution in [-0.2, 0) is 4.74 Å². The Morgan fingerprint density at radius 1 is 1.14 bits per heavy atom. The molecule has 0 saturated heterocycles. The van der Waals surface area contributed by atoms with E-state index in [0.29, 0.717) is 25.5 Å². The predicted octanol–water partition coefficient (Wildman–Crippen LogP) is 1.16. The smallest absolute Gasteiger partial charge is 0.407 e. The van der Waals surface area contributed by atoms with E-state index in [4.69, 9.17) is 4.74 Å². The fourth-order valence-electron chi connectivity index (χ4n) is 1.47. The summed E-state index contributed by atoms with van der Waals surface area (Å²) in [5.74, 6) is 0.271. The Bertz CT molecular complexity index is 496. The first-order valence-electron chi connectivity index (χ1n) is 7.14. The van der Waals surface area contributed by atoms with Gasteiger partial charge < -0.3 is 20.7 Å². The van der Waals surface area contributed by atoms with Gasteiger partial charge in [0.25, 0.3) is 5.91 Å². The molecule has 0 spiro atoms. The minimum absolute atomic E-state index is 0.256. The molecular weight excluding hydrogens is 286 g/mol. The van der Waals surface area contributed by atoms with Crippen molar-refractivity contribution in [2.75, 3.05) is 25.0 Å². The monoisotopic (exact) mass is 309 g/mol. The number of anilines is 1. The first-order valence-corrected chi connectivity index (χ1v) is 7.14. The molecule has 0 saturated carbocycles. The van der Waals surface area contributed by atoms with Gasteiger partial charge in [0.05, 0.1) is 0 Å². The summed E-state index contributed by atoms with van der Waals surface area (Å²) in [7, 11) is 0. The van der Waals surface area contributed by atoms with Gasteiger partial charge in [-0.15, -0.1) is 10.2 Å². The van der Waals surface area contributed by atoms with Crippen molar-refractivity contribution in [2.24, 2.45) is 0 Å². The van der Waals surface area contributed by atoms with Crippen LogP contribution in [0, 0.1) is 0 Å². The van der Waals surface area contributed by atoms with Crippen molar-refractivity contribution in [1.29, 1.82) is 0 Å². The zero-order valence-electron chi connectivity index (χ0n) is 13.4. The number of alkyl carbamates (subject to hydrolysis) is 1. The lowest BCUT2D eigenvalue weighted by molar-refractivity contribution is 0.0530. The summed E-state index contributed by atoms with van der Waals surface area (Å²) in [6.07, 6.45) is -0.466. The van der Waals surface area contributed by atoms with Gasteiger partial charge in [-0.2, -0.15) is 0 Å². The lowest BCUT2D eigenvalue weighted by Crippen LogP contribution is -2.35. The maximum atomic E-state index is 11.5. The Kier molecular flexibility index (Phi) is 6.55. The first kappa shape index (κ1) is 17.7. The molecular formula is C14H23N5O3. The summed E-state index contributed by atoms with van der Waals surface area (Å²) >= 11 is 0. The second kappa shape index (κ2) is 8.16. The molecule has 0 bridgehead atoms. The molecule has 122 valence electrons. The highest BCUT2D eigenvalue weighted by Crippen LogP contribution is 2.06. The minimum Gasteiger partial charge on any atom is -0.444 e. The summed E-state index contributed by atoms with van der Waals surface area (Å²) in [5.41, 5.74) is -0.253. The molecule has 1 aromatic rings. The molecule has 1 rings (SSSR count). The van der Waals surface area contributed by atoms with E-state index in [0.717, 1.165) is 0 Å².